The van der Waals surface area contributed by atoms with E-state index in [-0.39, 0.29) is 17.6 Å². The zero-order valence-corrected chi connectivity index (χ0v) is 12.2. The summed E-state index contributed by atoms with van der Waals surface area (Å²) in [5.41, 5.74) is 6.24. The molecule has 0 saturated carbocycles. The van der Waals surface area contributed by atoms with Gasteiger partial charge in [-0.15, -0.1) is 11.3 Å². The van der Waals surface area contributed by atoms with Crippen LogP contribution < -0.4 is 5.73 Å². The summed E-state index contributed by atoms with van der Waals surface area (Å²) in [5, 5.41) is 2.11. The number of rotatable bonds is 6. The Bertz CT molecular complexity index is 303. The lowest BCUT2D eigenvalue weighted by Crippen LogP contribution is -2.45. The average molecular weight is 255 g/mol. The number of ether oxygens (including phenoxy) is 1. The van der Waals surface area contributed by atoms with Crippen molar-refractivity contribution in [3.8, 4) is 0 Å². The minimum absolute atomic E-state index is 0.102. The fourth-order valence-corrected chi connectivity index (χ4v) is 2.66. The molecule has 2 unspecified atom stereocenters. The number of nitrogens with two attached hydrogens (primary N) is 1. The lowest BCUT2D eigenvalue weighted by Gasteiger charge is -2.34. The second kappa shape index (κ2) is 6.53. The molecule has 0 radical (unpaired) electrons. The van der Waals surface area contributed by atoms with Crippen molar-refractivity contribution in [1.29, 1.82) is 0 Å². The predicted molar refractivity (Wildman–Crippen MR) is 75.5 cm³/mol. The lowest BCUT2D eigenvalue weighted by molar-refractivity contribution is -0.0326. The summed E-state index contributed by atoms with van der Waals surface area (Å²) in [6, 6.07) is 4.36. The van der Waals surface area contributed by atoms with Gasteiger partial charge in [0.1, 0.15) is 0 Å². The topological polar surface area (TPSA) is 35.2 Å². The molecule has 0 saturated heterocycles. The monoisotopic (exact) mass is 255 g/mol. The van der Waals surface area contributed by atoms with E-state index in [1.54, 1.807) is 11.3 Å². The molecule has 0 bridgehead atoms. The summed E-state index contributed by atoms with van der Waals surface area (Å²) < 4.78 is 6.01. The minimum Gasteiger partial charge on any atom is -0.376 e. The highest BCUT2D eigenvalue weighted by Crippen LogP contribution is 2.25. The zero-order valence-electron chi connectivity index (χ0n) is 11.4. The van der Waals surface area contributed by atoms with Gasteiger partial charge >= 0.3 is 0 Å². The summed E-state index contributed by atoms with van der Waals surface area (Å²) >= 11 is 1.78. The first-order valence-electron chi connectivity index (χ1n) is 6.34. The molecule has 0 aliphatic carbocycles. The molecule has 17 heavy (non-hydrogen) atoms. The Balaban J connectivity index is 2.44. The highest BCUT2D eigenvalue weighted by Gasteiger charge is 2.29. The standard InChI is InChI=1S/C14H25NOS/c1-5-12(15)13(14(2,3)4)16-9-8-11-7-6-10-17-11/h6-7,10,12-13H,5,8-9,15H2,1-4H3. The van der Waals surface area contributed by atoms with Crippen LogP contribution in [0, 0.1) is 5.41 Å². The third-order valence-corrected chi connectivity index (χ3v) is 3.88. The zero-order chi connectivity index (χ0) is 12.9. The molecule has 2 nitrogen and oxygen atoms in total. The van der Waals surface area contributed by atoms with Crippen LogP contribution in [0.1, 0.15) is 39.0 Å². The van der Waals surface area contributed by atoms with Gasteiger partial charge < -0.3 is 10.5 Å². The van der Waals surface area contributed by atoms with Gasteiger partial charge in [-0.2, -0.15) is 0 Å². The highest BCUT2D eigenvalue weighted by atomic mass is 32.1. The van der Waals surface area contributed by atoms with E-state index in [9.17, 15) is 0 Å². The maximum Gasteiger partial charge on any atom is 0.0774 e. The second-order valence-electron chi connectivity index (χ2n) is 5.56. The molecular weight excluding hydrogens is 230 g/mol. The van der Waals surface area contributed by atoms with Crippen molar-refractivity contribution in [2.24, 2.45) is 11.1 Å². The van der Waals surface area contributed by atoms with Gasteiger partial charge in [-0.25, -0.2) is 0 Å². The Morgan fingerprint density at radius 1 is 1.41 bits per heavy atom. The van der Waals surface area contributed by atoms with Crippen molar-refractivity contribution in [2.75, 3.05) is 6.61 Å². The molecule has 0 fully saturated rings. The molecular formula is C14H25NOS. The summed E-state index contributed by atoms with van der Waals surface area (Å²) in [7, 11) is 0. The number of hydrogen-bond donors (Lipinski definition) is 1. The van der Waals surface area contributed by atoms with Crippen LogP contribution >= 0.6 is 11.3 Å². The summed E-state index contributed by atoms with van der Waals surface area (Å²) in [6.07, 6.45) is 2.08. The average Bonchev–Trinajstić information content (AvgIpc) is 2.74. The highest BCUT2D eigenvalue weighted by molar-refractivity contribution is 7.09. The quantitative estimate of drug-likeness (QED) is 0.845. The van der Waals surface area contributed by atoms with Crippen LogP contribution in [0.5, 0.6) is 0 Å². The first-order chi connectivity index (χ1) is 7.95. The fourth-order valence-electron chi connectivity index (χ4n) is 1.97. The van der Waals surface area contributed by atoms with Crippen LogP contribution in [-0.2, 0) is 11.2 Å². The van der Waals surface area contributed by atoms with E-state index < -0.39 is 0 Å². The van der Waals surface area contributed by atoms with Crippen molar-refractivity contribution in [3.05, 3.63) is 22.4 Å². The van der Waals surface area contributed by atoms with Crippen molar-refractivity contribution in [1.82, 2.24) is 0 Å². The first-order valence-corrected chi connectivity index (χ1v) is 7.22. The van der Waals surface area contributed by atoms with E-state index in [0.29, 0.717) is 0 Å². The number of thiophene rings is 1. The van der Waals surface area contributed by atoms with Crippen molar-refractivity contribution < 1.29 is 4.74 Å². The van der Waals surface area contributed by atoms with Gasteiger partial charge in [-0.1, -0.05) is 33.8 Å². The van der Waals surface area contributed by atoms with Crippen LogP contribution in [0.15, 0.2) is 17.5 Å². The molecule has 2 atom stereocenters. The van der Waals surface area contributed by atoms with Gasteiger partial charge in [0.25, 0.3) is 0 Å². The predicted octanol–water partition coefficient (Wildman–Crippen LogP) is 3.46. The maximum atomic E-state index is 6.14. The van der Waals surface area contributed by atoms with E-state index in [0.717, 1.165) is 19.4 Å². The van der Waals surface area contributed by atoms with Crippen LogP contribution in [0.2, 0.25) is 0 Å². The normalized spacial score (nSPS) is 15.8. The van der Waals surface area contributed by atoms with Crippen molar-refractivity contribution in [3.63, 3.8) is 0 Å². The van der Waals surface area contributed by atoms with Crippen LogP contribution in [0.25, 0.3) is 0 Å². The third-order valence-electron chi connectivity index (χ3n) is 2.94. The Hall–Kier alpha value is -0.380. The van der Waals surface area contributed by atoms with E-state index in [2.05, 4.69) is 45.2 Å². The molecule has 0 amide bonds. The van der Waals surface area contributed by atoms with Gasteiger partial charge in [0.15, 0.2) is 0 Å². The van der Waals surface area contributed by atoms with E-state index in [1.807, 2.05) is 0 Å². The summed E-state index contributed by atoms with van der Waals surface area (Å²) in [4.78, 5) is 1.38. The Morgan fingerprint density at radius 2 is 2.12 bits per heavy atom. The fraction of sp³-hybridized carbons (Fsp3) is 0.714. The molecule has 1 aromatic rings. The van der Waals surface area contributed by atoms with Crippen molar-refractivity contribution >= 4 is 11.3 Å². The van der Waals surface area contributed by atoms with Crippen LogP contribution in [0.3, 0.4) is 0 Å². The molecule has 3 heteroatoms. The molecule has 98 valence electrons. The van der Waals surface area contributed by atoms with E-state index >= 15 is 0 Å². The van der Waals surface area contributed by atoms with E-state index in [4.69, 9.17) is 10.5 Å². The van der Waals surface area contributed by atoms with Gasteiger partial charge in [0.2, 0.25) is 0 Å². The van der Waals surface area contributed by atoms with Gasteiger partial charge in [0.05, 0.1) is 12.7 Å². The molecule has 2 N–H and O–H groups in total. The van der Waals surface area contributed by atoms with Crippen molar-refractivity contribution in [2.45, 2.75) is 52.7 Å². The van der Waals surface area contributed by atoms with Gasteiger partial charge in [-0.05, 0) is 23.3 Å². The van der Waals surface area contributed by atoms with E-state index in [1.165, 1.54) is 4.88 Å². The minimum atomic E-state index is 0.102. The molecule has 0 aromatic carbocycles. The van der Waals surface area contributed by atoms with Crippen LogP contribution in [0.4, 0.5) is 0 Å². The smallest absolute Gasteiger partial charge is 0.0774 e. The largest absolute Gasteiger partial charge is 0.376 e. The Morgan fingerprint density at radius 3 is 2.59 bits per heavy atom. The molecule has 0 aliphatic rings. The summed E-state index contributed by atoms with van der Waals surface area (Å²) in [6.45, 7) is 9.46. The Labute approximate surface area is 109 Å². The number of hydrogen-bond acceptors (Lipinski definition) is 3. The summed E-state index contributed by atoms with van der Waals surface area (Å²) in [5.74, 6) is 0. The first kappa shape index (κ1) is 14.7. The lowest BCUT2D eigenvalue weighted by atomic mass is 9.84. The Kier molecular flexibility index (Phi) is 5.63. The molecule has 0 spiro atoms. The SMILES string of the molecule is CCC(N)C(OCCc1cccs1)C(C)(C)C. The molecule has 1 aromatic heterocycles. The van der Waals surface area contributed by atoms with Crippen LogP contribution in [-0.4, -0.2) is 18.8 Å². The third kappa shape index (κ3) is 4.78. The molecule has 0 aliphatic heterocycles. The van der Waals surface area contributed by atoms with Gasteiger partial charge in [-0.3, -0.25) is 0 Å². The maximum absolute atomic E-state index is 6.14. The molecule has 1 heterocycles. The van der Waals surface area contributed by atoms with Gasteiger partial charge in [0, 0.05) is 17.3 Å². The second-order valence-corrected chi connectivity index (χ2v) is 6.59. The molecule has 1 rings (SSSR count).